The smallest absolute Gasteiger partial charge is 0.269 e. The molecule has 0 aliphatic heterocycles. The zero-order valence-electron chi connectivity index (χ0n) is 10.5. The van der Waals surface area contributed by atoms with Gasteiger partial charge in [0.05, 0.1) is 10.7 Å². The van der Waals surface area contributed by atoms with Crippen LogP contribution in [0.15, 0.2) is 18.2 Å². The number of carbonyl (C=O) groups excluding carboxylic acids is 1. The van der Waals surface area contributed by atoms with E-state index < -0.39 is 11.7 Å². The Morgan fingerprint density at radius 3 is 2.95 bits per heavy atom. The van der Waals surface area contributed by atoms with E-state index in [9.17, 15) is 9.18 Å². The standard InChI is InChI=1S/C12H12ClFN4OS/c1-2-16-12-18-10(15)9(20-12)11(19)17-8-4-3-6(14)5-7(8)13/h3-5H,2,15H2,1H3,(H,16,18)(H,17,19). The Hall–Kier alpha value is -1.86. The van der Waals surface area contributed by atoms with Gasteiger partial charge in [-0.1, -0.05) is 22.9 Å². The Morgan fingerprint density at radius 1 is 1.55 bits per heavy atom. The molecule has 0 saturated heterocycles. The Labute approximate surface area is 124 Å². The van der Waals surface area contributed by atoms with E-state index >= 15 is 0 Å². The molecule has 1 amide bonds. The minimum atomic E-state index is -0.472. The van der Waals surface area contributed by atoms with Crippen LogP contribution >= 0.6 is 22.9 Å². The molecule has 0 bridgehead atoms. The number of benzene rings is 1. The Bertz CT molecular complexity index is 646. The maximum Gasteiger partial charge on any atom is 0.269 e. The number of anilines is 3. The highest BCUT2D eigenvalue weighted by atomic mass is 35.5. The van der Waals surface area contributed by atoms with E-state index in [4.69, 9.17) is 17.3 Å². The highest BCUT2D eigenvalue weighted by molar-refractivity contribution is 7.18. The Kier molecular flexibility index (Phi) is 4.41. The molecule has 0 atom stereocenters. The van der Waals surface area contributed by atoms with Gasteiger partial charge in [-0.25, -0.2) is 9.37 Å². The molecule has 0 aliphatic rings. The average Bonchev–Trinajstić information content (AvgIpc) is 2.74. The maximum absolute atomic E-state index is 12.9. The van der Waals surface area contributed by atoms with E-state index in [1.165, 1.54) is 12.1 Å². The molecule has 0 radical (unpaired) electrons. The summed E-state index contributed by atoms with van der Waals surface area (Å²) in [5.41, 5.74) is 6.01. The van der Waals surface area contributed by atoms with Crippen LogP contribution in [0.1, 0.15) is 16.6 Å². The predicted molar refractivity (Wildman–Crippen MR) is 80.1 cm³/mol. The second-order valence-electron chi connectivity index (χ2n) is 3.84. The predicted octanol–water partition coefficient (Wildman–Crippen LogP) is 3.20. The molecule has 0 saturated carbocycles. The first kappa shape index (κ1) is 14.5. The van der Waals surface area contributed by atoms with Gasteiger partial charge in [0.25, 0.3) is 5.91 Å². The first-order chi connectivity index (χ1) is 9.51. The minimum absolute atomic E-state index is 0.119. The third-order valence-corrected chi connectivity index (χ3v) is 3.71. The lowest BCUT2D eigenvalue weighted by Crippen LogP contribution is -2.12. The first-order valence-electron chi connectivity index (χ1n) is 5.77. The average molecular weight is 315 g/mol. The summed E-state index contributed by atoms with van der Waals surface area (Å²) in [6.07, 6.45) is 0. The van der Waals surface area contributed by atoms with Gasteiger partial charge in [-0.3, -0.25) is 4.79 Å². The lowest BCUT2D eigenvalue weighted by Gasteiger charge is -2.05. The zero-order chi connectivity index (χ0) is 14.7. The molecule has 1 aromatic carbocycles. The van der Waals surface area contributed by atoms with Crippen molar-refractivity contribution in [3.8, 4) is 0 Å². The number of amides is 1. The number of carbonyl (C=O) groups is 1. The summed E-state index contributed by atoms with van der Waals surface area (Å²) in [4.78, 5) is 16.4. The van der Waals surface area contributed by atoms with Crippen molar-refractivity contribution in [2.75, 3.05) is 22.9 Å². The second-order valence-corrected chi connectivity index (χ2v) is 5.25. The summed E-state index contributed by atoms with van der Waals surface area (Å²) in [6, 6.07) is 3.72. The molecule has 0 spiro atoms. The highest BCUT2D eigenvalue weighted by Gasteiger charge is 2.17. The van der Waals surface area contributed by atoms with Crippen LogP contribution in [0.2, 0.25) is 5.02 Å². The van der Waals surface area contributed by atoms with Gasteiger partial charge in [0.15, 0.2) is 5.13 Å². The van der Waals surface area contributed by atoms with E-state index in [2.05, 4.69) is 15.6 Å². The maximum atomic E-state index is 12.9. The van der Waals surface area contributed by atoms with Crippen molar-refractivity contribution in [2.24, 2.45) is 0 Å². The molecule has 106 valence electrons. The van der Waals surface area contributed by atoms with E-state index in [1.54, 1.807) is 0 Å². The van der Waals surface area contributed by atoms with E-state index in [-0.39, 0.29) is 15.7 Å². The lowest BCUT2D eigenvalue weighted by atomic mass is 10.3. The number of nitrogens with zero attached hydrogens (tertiary/aromatic N) is 1. The quantitative estimate of drug-likeness (QED) is 0.809. The fourth-order valence-electron chi connectivity index (χ4n) is 1.49. The molecule has 4 N–H and O–H groups in total. The van der Waals surface area contributed by atoms with Crippen molar-refractivity contribution in [1.82, 2.24) is 4.98 Å². The Morgan fingerprint density at radius 2 is 2.30 bits per heavy atom. The minimum Gasteiger partial charge on any atom is -0.382 e. The van der Waals surface area contributed by atoms with Gasteiger partial charge < -0.3 is 16.4 Å². The van der Waals surface area contributed by atoms with Crippen LogP contribution in [-0.2, 0) is 0 Å². The fourth-order valence-corrected chi connectivity index (χ4v) is 2.55. The molecule has 1 aromatic heterocycles. The van der Waals surface area contributed by atoms with Gasteiger partial charge in [0.1, 0.15) is 16.5 Å². The van der Waals surface area contributed by atoms with Crippen molar-refractivity contribution >= 4 is 45.5 Å². The topological polar surface area (TPSA) is 80.0 Å². The molecule has 2 aromatic rings. The van der Waals surface area contributed by atoms with E-state index in [1.807, 2.05) is 6.92 Å². The summed E-state index contributed by atoms with van der Waals surface area (Å²) in [5, 5.41) is 6.24. The van der Waals surface area contributed by atoms with E-state index in [0.29, 0.717) is 17.4 Å². The first-order valence-corrected chi connectivity index (χ1v) is 6.97. The molecule has 0 fully saturated rings. The van der Waals surface area contributed by atoms with Crippen LogP contribution in [0, 0.1) is 5.82 Å². The lowest BCUT2D eigenvalue weighted by molar-refractivity contribution is 0.103. The molecule has 8 heteroatoms. The number of nitrogen functional groups attached to an aromatic ring is 1. The Balaban J connectivity index is 2.19. The summed E-state index contributed by atoms with van der Waals surface area (Å²) >= 11 is 6.99. The SMILES string of the molecule is CCNc1nc(N)c(C(=O)Nc2ccc(F)cc2Cl)s1. The van der Waals surface area contributed by atoms with Gasteiger partial charge in [0.2, 0.25) is 0 Å². The number of hydrogen-bond acceptors (Lipinski definition) is 5. The van der Waals surface area contributed by atoms with Crippen LogP contribution in [0.25, 0.3) is 0 Å². The molecule has 0 unspecified atom stereocenters. The highest BCUT2D eigenvalue weighted by Crippen LogP contribution is 2.28. The molecular formula is C12H12ClFN4OS. The third kappa shape index (κ3) is 3.17. The number of halogens is 2. The third-order valence-electron chi connectivity index (χ3n) is 2.37. The molecule has 5 nitrogen and oxygen atoms in total. The van der Waals surface area contributed by atoms with Gasteiger partial charge in [-0.15, -0.1) is 0 Å². The largest absolute Gasteiger partial charge is 0.382 e. The summed E-state index contributed by atoms with van der Waals surface area (Å²) < 4.78 is 12.9. The van der Waals surface area contributed by atoms with E-state index in [0.717, 1.165) is 17.4 Å². The van der Waals surface area contributed by atoms with Crippen molar-refractivity contribution < 1.29 is 9.18 Å². The monoisotopic (exact) mass is 314 g/mol. The van der Waals surface area contributed by atoms with Crippen LogP contribution in [0.4, 0.5) is 21.0 Å². The number of nitrogens with one attached hydrogen (secondary N) is 2. The number of nitrogens with two attached hydrogens (primary N) is 1. The number of rotatable bonds is 4. The number of aromatic nitrogens is 1. The van der Waals surface area contributed by atoms with Gasteiger partial charge >= 0.3 is 0 Å². The second kappa shape index (κ2) is 6.06. The number of thiazole rings is 1. The van der Waals surface area contributed by atoms with Gasteiger partial charge in [-0.2, -0.15) is 0 Å². The summed E-state index contributed by atoms with van der Waals surface area (Å²) in [5.74, 6) is -0.765. The van der Waals surface area contributed by atoms with Crippen molar-refractivity contribution in [3.63, 3.8) is 0 Å². The zero-order valence-corrected chi connectivity index (χ0v) is 12.1. The van der Waals surface area contributed by atoms with Gasteiger partial charge in [0, 0.05) is 6.54 Å². The molecular weight excluding hydrogens is 303 g/mol. The van der Waals surface area contributed by atoms with Crippen molar-refractivity contribution in [2.45, 2.75) is 6.92 Å². The molecule has 2 rings (SSSR count). The van der Waals surface area contributed by atoms with Crippen LogP contribution in [-0.4, -0.2) is 17.4 Å². The fraction of sp³-hybridized carbons (Fsp3) is 0.167. The molecule has 0 aliphatic carbocycles. The van der Waals surface area contributed by atoms with Crippen molar-refractivity contribution in [3.05, 3.63) is 33.9 Å². The van der Waals surface area contributed by atoms with Gasteiger partial charge in [-0.05, 0) is 25.1 Å². The van der Waals surface area contributed by atoms with Crippen LogP contribution < -0.4 is 16.4 Å². The van der Waals surface area contributed by atoms with Crippen LogP contribution in [0.5, 0.6) is 0 Å². The normalized spacial score (nSPS) is 10.3. The summed E-state index contributed by atoms with van der Waals surface area (Å²) in [6.45, 7) is 2.59. The van der Waals surface area contributed by atoms with Crippen LogP contribution in [0.3, 0.4) is 0 Å². The number of hydrogen-bond donors (Lipinski definition) is 3. The molecule has 1 heterocycles. The molecule has 20 heavy (non-hydrogen) atoms. The summed E-state index contributed by atoms with van der Waals surface area (Å²) in [7, 11) is 0. The van der Waals surface area contributed by atoms with Crippen molar-refractivity contribution in [1.29, 1.82) is 0 Å².